The Labute approximate surface area is 119 Å². The van der Waals surface area contributed by atoms with Crippen LogP contribution >= 0.6 is 0 Å². The van der Waals surface area contributed by atoms with Crippen LogP contribution < -0.4 is 10.5 Å². The van der Waals surface area contributed by atoms with Gasteiger partial charge in [0.2, 0.25) is 0 Å². The Morgan fingerprint density at radius 1 is 1.50 bits per heavy atom. The molecule has 1 saturated heterocycles. The topological polar surface area (TPSA) is 73.9 Å². The van der Waals surface area contributed by atoms with Gasteiger partial charge in [-0.05, 0) is 44.0 Å². The molecule has 1 fully saturated rings. The van der Waals surface area contributed by atoms with Gasteiger partial charge in [0, 0.05) is 6.54 Å². The average Bonchev–Trinajstić information content (AvgIpc) is 2.76. The van der Waals surface area contributed by atoms with Gasteiger partial charge in [-0.3, -0.25) is 0 Å². The molecule has 0 amide bonds. The largest absolute Gasteiger partial charge is 0.491 e. The second-order valence-corrected chi connectivity index (χ2v) is 5.53. The van der Waals surface area contributed by atoms with Gasteiger partial charge in [-0.25, -0.2) is 0 Å². The Bertz CT molecular complexity index is 461. The zero-order valence-corrected chi connectivity index (χ0v) is 12.3. The minimum Gasteiger partial charge on any atom is -0.491 e. The van der Waals surface area contributed by atoms with Crippen molar-refractivity contribution in [3.05, 3.63) is 29.3 Å². The van der Waals surface area contributed by atoms with E-state index in [1.807, 2.05) is 39.0 Å². The molecule has 1 heterocycles. The summed E-state index contributed by atoms with van der Waals surface area (Å²) in [6.45, 7) is 6.84. The van der Waals surface area contributed by atoms with Crippen molar-refractivity contribution >= 4 is 0 Å². The second kappa shape index (κ2) is 6.10. The van der Waals surface area contributed by atoms with Crippen LogP contribution in [0.25, 0.3) is 0 Å². The summed E-state index contributed by atoms with van der Waals surface area (Å²) in [4.78, 5) is 0. The summed E-state index contributed by atoms with van der Waals surface area (Å²) in [7, 11) is 0. The molecule has 0 aromatic heterocycles. The number of ether oxygens (including phenoxy) is 3. The molecule has 0 spiro atoms. The van der Waals surface area contributed by atoms with Crippen LogP contribution in [0, 0.1) is 6.92 Å². The fourth-order valence-corrected chi connectivity index (χ4v) is 2.23. The van der Waals surface area contributed by atoms with Crippen molar-refractivity contribution in [2.45, 2.75) is 38.8 Å². The van der Waals surface area contributed by atoms with E-state index in [1.54, 1.807) is 0 Å². The first-order chi connectivity index (χ1) is 9.41. The first-order valence-electron chi connectivity index (χ1n) is 6.84. The van der Waals surface area contributed by atoms with Crippen molar-refractivity contribution in [1.29, 1.82) is 0 Å². The smallest absolute Gasteiger partial charge is 0.163 e. The highest BCUT2D eigenvalue weighted by atomic mass is 16.7. The Kier molecular flexibility index (Phi) is 4.65. The number of aryl methyl sites for hydroxylation is 1. The standard InChI is InChI=1S/C15H23NO4/c1-10-4-5-11(6-13(10)14(17)7-16)18-8-12-9-19-15(2,3)20-12/h4-6,12,14,17H,7-9,16H2,1-3H3/t12-,14?/m0/s1. The zero-order chi connectivity index (χ0) is 14.8. The number of hydrogen-bond acceptors (Lipinski definition) is 5. The summed E-state index contributed by atoms with van der Waals surface area (Å²) < 4.78 is 16.9. The Balaban J connectivity index is 1.97. The maximum atomic E-state index is 9.86. The molecule has 1 aliphatic rings. The Hall–Kier alpha value is -1.14. The average molecular weight is 281 g/mol. The monoisotopic (exact) mass is 281 g/mol. The molecule has 1 aliphatic heterocycles. The molecular formula is C15H23NO4. The lowest BCUT2D eigenvalue weighted by molar-refractivity contribution is -0.141. The summed E-state index contributed by atoms with van der Waals surface area (Å²) in [6.07, 6.45) is -0.738. The third-order valence-electron chi connectivity index (χ3n) is 3.34. The van der Waals surface area contributed by atoms with Crippen LogP contribution in [0.1, 0.15) is 31.1 Å². The summed E-state index contributed by atoms with van der Waals surface area (Å²) in [5, 5.41) is 9.86. The van der Waals surface area contributed by atoms with E-state index >= 15 is 0 Å². The molecule has 1 aromatic carbocycles. The van der Waals surface area contributed by atoms with Crippen LogP contribution in [0.15, 0.2) is 18.2 Å². The number of aliphatic hydroxyl groups is 1. The van der Waals surface area contributed by atoms with E-state index in [1.165, 1.54) is 0 Å². The predicted molar refractivity (Wildman–Crippen MR) is 75.6 cm³/mol. The molecule has 5 heteroatoms. The highest BCUT2D eigenvalue weighted by molar-refractivity contribution is 5.36. The first kappa shape index (κ1) is 15.3. The van der Waals surface area contributed by atoms with Crippen molar-refractivity contribution in [3.8, 4) is 5.75 Å². The second-order valence-electron chi connectivity index (χ2n) is 5.53. The lowest BCUT2D eigenvalue weighted by Crippen LogP contribution is -2.25. The first-order valence-corrected chi connectivity index (χ1v) is 6.84. The van der Waals surface area contributed by atoms with E-state index in [2.05, 4.69) is 0 Å². The number of hydrogen-bond donors (Lipinski definition) is 2. The summed E-state index contributed by atoms with van der Waals surface area (Å²) in [6, 6.07) is 5.62. The van der Waals surface area contributed by atoms with Gasteiger partial charge in [0.25, 0.3) is 0 Å². The van der Waals surface area contributed by atoms with Gasteiger partial charge in [-0.2, -0.15) is 0 Å². The van der Waals surface area contributed by atoms with E-state index in [9.17, 15) is 5.11 Å². The molecule has 2 rings (SSSR count). The molecule has 20 heavy (non-hydrogen) atoms. The predicted octanol–water partition coefficient (Wildman–Crippen LogP) is 1.52. The molecule has 3 N–H and O–H groups in total. The van der Waals surface area contributed by atoms with E-state index in [-0.39, 0.29) is 12.6 Å². The number of nitrogens with two attached hydrogens (primary N) is 1. The number of rotatable bonds is 5. The minimum atomic E-state index is -0.663. The van der Waals surface area contributed by atoms with Gasteiger partial charge in [0.15, 0.2) is 5.79 Å². The van der Waals surface area contributed by atoms with Gasteiger partial charge in [0.1, 0.15) is 18.5 Å². The van der Waals surface area contributed by atoms with Crippen LogP contribution in [0.4, 0.5) is 0 Å². The molecule has 0 saturated carbocycles. The molecular weight excluding hydrogens is 258 g/mol. The fraction of sp³-hybridized carbons (Fsp3) is 0.600. The molecule has 1 aromatic rings. The fourth-order valence-electron chi connectivity index (χ4n) is 2.23. The van der Waals surface area contributed by atoms with Crippen LogP contribution in [0.5, 0.6) is 5.75 Å². The lowest BCUT2D eigenvalue weighted by atomic mass is 10.0. The summed E-state index contributed by atoms with van der Waals surface area (Å²) in [5.74, 6) is 0.161. The zero-order valence-electron chi connectivity index (χ0n) is 12.3. The molecule has 1 unspecified atom stereocenters. The van der Waals surface area contributed by atoms with E-state index < -0.39 is 11.9 Å². The lowest BCUT2D eigenvalue weighted by Gasteiger charge is -2.18. The molecule has 0 bridgehead atoms. The van der Waals surface area contributed by atoms with Crippen LogP contribution in [-0.2, 0) is 9.47 Å². The number of benzene rings is 1. The van der Waals surface area contributed by atoms with Gasteiger partial charge < -0.3 is 25.1 Å². The highest BCUT2D eigenvalue weighted by Gasteiger charge is 2.32. The van der Waals surface area contributed by atoms with Crippen molar-refractivity contribution in [3.63, 3.8) is 0 Å². The van der Waals surface area contributed by atoms with Crippen LogP contribution in [-0.4, -0.2) is 36.8 Å². The van der Waals surface area contributed by atoms with Gasteiger partial charge in [-0.1, -0.05) is 6.07 Å². The van der Waals surface area contributed by atoms with E-state index in [0.717, 1.165) is 11.1 Å². The maximum absolute atomic E-state index is 9.86. The van der Waals surface area contributed by atoms with Gasteiger partial charge in [-0.15, -0.1) is 0 Å². The van der Waals surface area contributed by atoms with Crippen molar-refractivity contribution < 1.29 is 19.3 Å². The minimum absolute atomic E-state index is 0.0748. The van der Waals surface area contributed by atoms with E-state index in [4.69, 9.17) is 19.9 Å². The maximum Gasteiger partial charge on any atom is 0.163 e. The van der Waals surface area contributed by atoms with Gasteiger partial charge in [0.05, 0.1) is 12.7 Å². The van der Waals surface area contributed by atoms with Crippen LogP contribution in [0.3, 0.4) is 0 Å². The van der Waals surface area contributed by atoms with Crippen molar-refractivity contribution in [1.82, 2.24) is 0 Å². The Morgan fingerprint density at radius 3 is 2.85 bits per heavy atom. The molecule has 0 radical (unpaired) electrons. The number of aliphatic hydroxyl groups excluding tert-OH is 1. The summed E-state index contributed by atoms with van der Waals surface area (Å²) in [5.41, 5.74) is 7.30. The van der Waals surface area contributed by atoms with Crippen molar-refractivity contribution in [2.24, 2.45) is 5.73 Å². The summed E-state index contributed by atoms with van der Waals surface area (Å²) >= 11 is 0. The quantitative estimate of drug-likeness (QED) is 0.856. The molecule has 5 nitrogen and oxygen atoms in total. The van der Waals surface area contributed by atoms with E-state index in [0.29, 0.717) is 19.0 Å². The highest BCUT2D eigenvalue weighted by Crippen LogP contribution is 2.25. The third kappa shape index (κ3) is 3.70. The molecule has 112 valence electrons. The molecule has 2 atom stereocenters. The van der Waals surface area contributed by atoms with Crippen LogP contribution in [0.2, 0.25) is 0 Å². The SMILES string of the molecule is Cc1ccc(OC[C@H]2COC(C)(C)O2)cc1C(O)CN. The normalized spacial score (nSPS) is 22.8. The van der Waals surface area contributed by atoms with Gasteiger partial charge >= 0.3 is 0 Å². The van der Waals surface area contributed by atoms with Crippen molar-refractivity contribution in [2.75, 3.05) is 19.8 Å². The Morgan fingerprint density at radius 2 is 2.25 bits per heavy atom. The third-order valence-corrected chi connectivity index (χ3v) is 3.34. The molecule has 0 aliphatic carbocycles.